The van der Waals surface area contributed by atoms with E-state index in [9.17, 15) is 9.59 Å². The van der Waals surface area contributed by atoms with Crippen molar-refractivity contribution in [1.82, 2.24) is 14.9 Å². The average Bonchev–Trinajstić information content (AvgIpc) is 3.03. The number of hydrogen-bond acceptors (Lipinski definition) is 6. The fraction of sp³-hybridized carbons (Fsp3) is 0.632. The van der Waals surface area contributed by atoms with Gasteiger partial charge < -0.3 is 10.1 Å². The van der Waals surface area contributed by atoms with E-state index in [2.05, 4.69) is 5.32 Å². The molecule has 144 valence electrons. The maximum Gasteiger partial charge on any atom is 0.263 e. The van der Waals surface area contributed by atoms with Gasteiger partial charge >= 0.3 is 0 Å². The van der Waals surface area contributed by atoms with Crippen LogP contribution in [0.5, 0.6) is 0 Å². The van der Waals surface area contributed by atoms with Crippen LogP contribution >= 0.6 is 23.1 Å². The van der Waals surface area contributed by atoms with Crippen molar-refractivity contribution in [2.45, 2.75) is 68.8 Å². The minimum Gasteiger partial charge on any atom is -0.376 e. The van der Waals surface area contributed by atoms with E-state index in [1.807, 2.05) is 0 Å². The van der Waals surface area contributed by atoms with Gasteiger partial charge in [0.2, 0.25) is 5.91 Å². The van der Waals surface area contributed by atoms with Gasteiger partial charge in [0, 0.05) is 17.5 Å². The third-order valence-electron chi connectivity index (χ3n) is 5.47. The zero-order valence-corrected chi connectivity index (χ0v) is 16.8. The van der Waals surface area contributed by atoms with E-state index < -0.39 is 0 Å². The summed E-state index contributed by atoms with van der Waals surface area (Å²) in [6.07, 6.45) is 7.37. The van der Waals surface area contributed by atoms with E-state index >= 15 is 0 Å². The van der Waals surface area contributed by atoms with E-state index in [1.54, 1.807) is 15.9 Å². The van der Waals surface area contributed by atoms with Crippen molar-refractivity contribution in [2.75, 3.05) is 12.4 Å². The summed E-state index contributed by atoms with van der Waals surface area (Å²) in [6, 6.07) is 0.350. The molecule has 1 saturated carbocycles. The van der Waals surface area contributed by atoms with Crippen LogP contribution in [-0.2, 0) is 28.9 Å². The molecule has 5 rings (SSSR count). The Morgan fingerprint density at radius 3 is 2.96 bits per heavy atom. The first kappa shape index (κ1) is 17.7. The molecule has 1 aliphatic heterocycles. The van der Waals surface area contributed by atoms with Gasteiger partial charge in [0.15, 0.2) is 5.16 Å². The molecule has 0 spiro atoms. The molecule has 0 unspecified atom stereocenters. The Morgan fingerprint density at radius 1 is 1.30 bits per heavy atom. The highest BCUT2D eigenvalue weighted by Crippen LogP contribution is 2.35. The maximum absolute atomic E-state index is 13.4. The van der Waals surface area contributed by atoms with Crippen LogP contribution in [0, 0.1) is 0 Å². The minimum atomic E-state index is 0.0224. The first-order valence-electron chi connectivity index (χ1n) is 9.78. The molecule has 2 aromatic rings. The molecule has 3 heterocycles. The fourth-order valence-electron chi connectivity index (χ4n) is 3.95. The van der Waals surface area contributed by atoms with Gasteiger partial charge in [-0.1, -0.05) is 11.8 Å². The first-order valence-corrected chi connectivity index (χ1v) is 11.6. The van der Waals surface area contributed by atoms with Gasteiger partial charge in [0.25, 0.3) is 5.56 Å². The normalized spacial score (nSPS) is 21.7. The molecule has 0 radical (unpaired) electrons. The van der Waals surface area contributed by atoms with Crippen molar-refractivity contribution < 1.29 is 9.53 Å². The van der Waals surface area contributed by atoms with E-state index in [1.165, 1.54) is 22.2 Å². The van der Waals surface area contributed by atoms with Crippen LogP contribution in [0.3, 0.4) is 0 Å². The van der Waals surface area contributed by atoms with Gasteiger partial charge in [-0.25, -0.2) is 4.98 Å². The van der Waals surface area contributed by atoms with Crippen molar-refractivity contribution in [3.05, 3.63) is 20.8 Å². The average molecular weight is 406 g/mol. The molecule has 1 amide bonds. The highest BCUT2D eigenvalue weighted by atomic mass is 32.2. The van der Waals surface area contributed by atoms with Crippen LogP contribution in [-0.4, -0.2) is 40.0 Å². The number of carbonyl (C=O) groups excluding carboxylic acids is 1. The number of thioether (sulfide) groups is 1. The van der Waals surface area contributed by atoms with Gasteiger partial charge in [-0.3, -0.25) is 14.2 Å². The summed E-state index contributed by atoms with van der Waals surface area (Å²) in [4.78, 5) is 32.4. The highest BCUT2D eigenvalue weighted by Gasteiger charge is 2.27. The second-order valence-corrected chi connectivity index (χ2v) is 9.64. The van der Waals surface area contributed by atoms with Crippen molar-refractivity contribution in [3.63, 3.8) is 0 Å². The molecule has 0 aromatic carbocycles. The molecule has 2 fully saturated rings. The maximum atomic E-state index is 13.4. The monoisotopic (exact) mass is 405 g/mol. The minimum absolute atomic E-state index is 0.0224. The molecule has 8 heteroatoms. The smallest absolute Gasteiger partial charge is 0.263 e. The number of ether oxygens (including phenoxy) is 1. The van der Waals surface area contributed by atoms with Crippen LogP contribution in [0.25, 0.3) is 10.2 Å². The molecule has 6 nitrogen and oxygen atoms in total. The SMILES string of the molecule is O=C(CSc1nc2sc3c(c2c(=O)n1C[C@H]1CCCO1)CCC3)NC1CC1. The number of hydrogen-bond donors (Lipinski definition) is 1. The zero-order valence-electron chi connectivity index (χ0n) is 15.2. The summed E-state index contributed by atoms with van der Waals surface area (Å²) >= 11 is 3.02. The van der Waals surface area contributed by atoms with Gasteiger partial charge in [-0.05, 0) is 50.5 Å². The lowest BCUT2D eigenvalue weighted by molar-refractivity contribution is -0.118. The van der Waals surface area contributed by atoms with E-state index in [-0.39, 0.29) is 17.6 Å². The molecular formula is C19H23N3O3S2. The number of nitrogens with zero attached hydrogens (tertiary/aromatic N) is 2. The topological polar surface area (TPSA) is 73.2 Å². The summed E-state index contributed by atoms with van der Waals surface area (Å²) < 4.78 is 7.53. The quantitative estimate of drug-likeness (QED) is 0.590. The first-order chi connectivity index (χ1) is 13.2. The van der Waals surface area contributed by atoms with Gasteiger partial charge in [-0.2, -0.15) is 0 Å². The van der Waals surface area contributed by atoms with E-state index in [0.717, 1.165) is 61.8 Å². The molecule has 0 bridgehead atoms. The number of rotatable bonds is 6. The molecule has 1 N–H and O–H groups in total. The number of aromatic nitrogens is 2. The lowest BCUT2D eigenvalue weighted by atomic mass is 10.2. The zero-order chi connectivity index (χ0) is 18.4. The number of nitrogens with one attached hydrogen (secondary N) is 1. The van der Waals surface area contributed by atoms with Crippen LogP contribution in [0.4, 0.5) is 0 Å². The second kappa shape index (κ2) is 7.22. The number of carbonyl (C=O) groups is 1. The number of thiophene rings is 1. The van der Waals surface area contributed by atoms with Crippen LogP contribution in [0.2, 0.25) is 0 Å². The van der Waals surface area contributed by atoms with Gasteiger partial charge in [-0.15, -0.1) is 11.3 Å². The summed E-state index contributed by atoms with van der Waals surface area (Å²) in [7, 11) is 0. The summed E-state index contributed by atoms with van der Waals surface area (Å²) in [5.41, 5.74) is 1.25. The van der Waals surface area contributed by atoms with Crippen LogP contribution in [0.1, 0.15) is 42.5 Å². The van der Waals surface area contributed by atoms with Crippen molar-refractivity contribution >= 4 is 39.2 Å². The lowest BCUT2D eigenvalue weighted by Gasteiger charge is -2.16. The number of amides is 1. The third-order valence-corrected chi connectivity index (χ3v) is 7.64. The molecule has 2 aliphatic carbocycles. The van der Waals surface area contributed by atoms with Crippen molar-refractivity contribution in [1.29, 1.82) is 0 Å². The van der Waals surface area contributed by atoms with Crippen LogP contribution < -0.4 is 10.9 Å². The largest absolute Gasteiger partial charge is 0.376 e. The van der Waals surface area contributed by atoms with Crippen molar-refractivity contribution in [2.24, 2.45) is 0 Å². The Labute approximate surface area is 165 Å². The molecule has 27 heavy (non-hydrogen) atoms. The van der Waals surface area contributed by atoms with Gasteiger partial charge in [0.05, 0.1) is 23.8 Å². The number of fused-ring (bicyclic) bond motifs is 3. The molecular weight excluding hydrogens is 382 g/mol. The van der Waals surface area contributed by atoms with Crippen LogP contribution in [0.15, 0.2) is 9.95 Å². The van der Waals surface area contributed by atoms with E-state index in [0.29, 0.717) is 23.5 Å². The van der Waals surface area contributed by atoms with E-state index in [4.69, 9.17) is 9.72 Å². The van der Waals surface area contributed by atoms with Crippen molar-refractivity contribution in [3.8, 4) is 0 Å². The molecule has 2 aromatic heterocycles. The highest BCUT2D eigenvalue weighted by molar-refractivity contribution is 7.99. The Balaban J connectivity index is 1.48. The summed E-state index contributed by atoms with van der Waals surface area (Å²) in [6.45, 7) is 1.29. The van der Waals surface area contributed by atoms with Gasteiger partial charge in [0.1, 0.15) is 4.83 Å². The lowest BCUT2D eigenvalue weighted by Crippen LogP contribution is -2.30. The number of aryl methyl sites for hydroxylation is 2. The predicted octanol–water partition coefficient (Wildman–Crippen LogP) is 2.50. The Morgan fingerprint density at radius 2 is 2.19 bits per heavy atom. The Kier molecular flexibility index (Phi) is 4.73. The Hall–Kier alpha value is -1.38. The summed E-state index contributed by atoms with van der Waals surface area (Å²) in [5.74, 6) is 0.319. The summed E-state index contributed by atoms with van der Waals surface area (Å²) in [5, 5.41) is 4.45. The molecule has 1 atom stereocenters. The molecule has 3 aliphatic rings. The molecule has 1 saturated heterocycles. The predicted molar refractivity (Wildman–Crippen MR) is 107 cm³/mol. The standard InChI is InChI=1S/C19H23N3O3S2/c23-15(20-11-6-7-11)10-26-19-21-17-16(13-4-1-5-14(13)27-17)18(24)22(19)9-12-3-2-8-25-12/h11-12H,1-10H2,(H,20,23)/t12-/m1/s1. The second-order valence-electron chi connectivity index (χ2n) is 7.61. The Bertz CT molecular complexity index is 942. The fourth-order valence-corrected chi connectivity index (χ4v) is 6.07. The third kappa shape index (κ3) is 3.54.